The van der Waals surface area contributed by atoms with Gasteiger partial charge in [0.25, 0.3) is 0 Å². The highest BCUT2D eigenvalue weighted by atomic mass is 16.3. The van der Waals surface area contributed by atoms with E-state index >= 15 is 0 Å². The van der Waals surface area contributed by atoms with Crippen molar-refractivity contribution >= 4 is 43.7 Å². The van der Waals surface area contributed by atoms with Gasteiger partial charge in [-0.1, -0.05) is 105 Å². The number of nitrogens with zero attached hydrogens (tertiary/aromatic N) is 3. The number of fused-ring (bicyclic) bond motifs is 9. The van der Waals surface area contributed by atoms with E-state index in [9.17, 15) is 0 Å². The van der Waals surface area contributed by atoms with Crippen LogP contribution in [0.15, 0.2) is 120 Å². The minimum Gasteiger partial charge on any atom is -0.456 e. The minimum absolute atomic E-state index is 0.280. The van der Waals surface area contributed by atoms with E-state index in [-0.39, 0.29) is 5.41 Å². The summed E-state index contributed by atoms with van der Waals surface area (Å²) >= 11 is 0. The van der Waals surface area contributed by atoms with Gasteiger partial charge in [0.15, 0.2) is 5.82 Å². The van der Waals surface area contributed by atoms with E-state index < -0.39 is 0 Å². The topological polar surface area (TPSA) is 43.9 Å². The number of hydrogen-bond acceptors (Lipinski definition) is 3. The van der Waals surface area contributed by atoms with Gasteiger partial charge in [-0.3, -0.25) is 4.57 Å². The van der Waals surface area contributed by atoms with E-state index in [0.29, 0.717) is 0 Å². The first-order valence-electron chi connectivity index (χ1n) is 14.0. The van der Waals surface area contributed by atoms with Crippen molar-refractivity contribution in [3.8, 4) is 28.5 Å². The molecule has 0 bridgehead atoms. The second-order valence-electron chi connectivity index (χ2n) is 11.4. The first kappa shape index (κ1) is 22.6. The molecule has 8 aromatic rings. The van der Waals surface area contributed by atoms with Gasteiger partial charge in [0.05, 0.1) is 16.7 Å². The molecule has 0 fully saturated rings. The lowest BCUT2D eigenvalue weighted by molar-refractivity contribution is 0.650. The predicted octanol–water partition coefficient (Wildman–Crippen LogP) is 9.45. The van der Waals surface area contributed by atoms with Gasteiger partial charge in [-0.2, -0.15) is 0 Å². The number of para-hydroxylation sites is 2. The molecule has 194 valence electrons. The van der Waals surface area contributed by atoms with E-state index in [4.69, 9.17) is 14.4 Å². The van der Waals surface area contributed by atoms with Gasteiger partial charge in [-0.05, 0) is 23.8 Å². The van der Waals surface area contributed by atoms with Crippen molar-refractivity contribution in [3.05, 3.63) is 126 Å². The van der Waals surface area contributed by atoms with Crippen LogP contribution in [0.3, 0.4) is 0 Å². The maximum absolute atomic E-state index is 6.38. The van der Waals surface area contributed by atoms with Gasteiger partial charge < -0.3 is 4.42 Å². The van der Waals surface area contributed by atoms with Gasteiger partial charge in [0, 0.05) is 49.7 Å². The van der Waals surface area contributed by atoms with Crippen LogP contribution < -0.4 is 0 Å². The average molecular weight is 528 g/mol. The standard InChI is InChI=1S/C37H25N3O/c1-37(2)28-17-9-6-16-25(28)34-33(37)36(39-35(38-34)22-12-4-3-5-13-22)40-29-18-10-7-14-23(29)26-20-27-24-15-8-11-19-31(24)41-32(27)21-30(26)40/h3-21H,1-2H3. The molecule has 0 aliphatic heterocycles. The molecule has 1 aliphatic carbocycles. The lowest BCUT2D eigenvalue weighted by Gasteiger charge is -2.24. The molecule has 9 rings (SSSR count). The van der Waals surface area contributed by atoms with Crippen LogP contribution in [0.1, 0.15) is 25.0 Å². The summed E-state index contributed by atoms with van der Waals surface area (Å²) in [4.78, 5) is 10.6. The van der Waals surface area contributed by atoms with Gasteiger partial charge >= 0.3 is 0 Å². The number of aromatic nitrogens is 3. The Morgan fingerprint density at radius 3 is 2.22 bits per heavy atom. The van der Waals surface area contributed by atoms with Crippen LogP contribution in [0.25, 0.3) is 72.2 Å². The van der Waals surface area contributed by atoms with Crippen LogP contribution in [0.4, 0.5) is 0 Å². The summed E-state index contributed by atoms with van der Waals surface area (Å²) in [6, 6.07) is 40.3. The first-order valence-corrected chi connectivity index (χ1v) is 14.0. The van der Waals surface area contributed by atoms with Crippen molar-refractivity contribution in [1.29, 1.82) is 0 Å². The van der Waals surface area contributed by atoms with E-state index in [1.807, 2.05) is 30.3 Å². The van der Waals surface area contributed by atoms with Gasteiger partial charge in [-0.25, -0.2) is 9.97 Å². The fourth-order valence-electron chi connectivity index (χ4n) is 6.88. The average Bonchev–Trinajstić information content (AvgIpc) is 3.62. The van der Waals surface area contributed by atoms with Crippen LogP contribution in [0.2, 0.25) is 0 Å². The SMILES string of the molecule is CC1(C)c2ccccc2-c2nc(-c3ccccc3)nc(-n3c4ccccc4c4cc5c(cc43)oc3ccccc35)c21. The Morgan fingerprint density at radius 1 is 0.610 bits per heavy atom. The zero-order valence-corrected chi connectivity index (χ0v) is 22.7. The molecular weight excluding hydrogens is 502 g/mol. The molecule has 1 aliphatic rings. The van der Waals surface area contributed by atoms with Gasteiger partial charge in [0.2, 0.25) is 0 Å². The third kappa shape index (κ3) is 2.99. The third-order valence-corrected chi connectivity index (χ3v) is 8.79. The fourth-order valence-corrected chi connectivity index (χ4v) is 6.88. The van der Waals surface area contributed by atoms with Crippen molar-refractivity contribution in [2.45, 2.75) is 19.3 Å². The zero-order chi connectivity index (χ0) is 27.3. The molecule has 0 saturated carbocycles. The third-order valence-electron chi connectivity index (χ3n) is 8.79. The molecule has 0 N–H and O–H groups in total. The number of furan rings is 1. The van der Waals surface area contributed by atoms with Crippen LogP contribution in [0, 0.1) is 0 Å². The maximum Gasteiger partial charge on any atom is 0.162 e. The van der Waals surface area contributed by atoms with Crippen LogP contribution >= 0.6 is 0 Å². The Morgan fingerprint density at radius 2 is 1.34 bits per heavy atom. The lowest BCUT2D eigenvalue weighted by Crippen LogP contribution is -2.19. The second kappa shape index (κ2) is 7.92. The van der Waals surface area contributed by atoms with E-state index in [0.717, 1.165) is 61.4 Å². The summed E-state index contributed by atoms with van der Waals surface area (Å²) in [6.45, 7) is 4.58. The van der Waals surface area contributed by atoms with E-state index in [1.165, 1.54) is 21.9 Å². The first-order chi connectivity index (χ1) is 20.1. The molecule has 4 nitrogen and oxygen atoms in total. The zero-order valence-electron chi connectivity index (χ0n) is 22.7. The van der Waals surface area contributed by atoms with Crippen molar-refractivity contribution in [2.24, 2.45) is 0 Å². The smallest absolute Gasteiger partial charge is 0.162 e. The van der Waals surface area contributed by atoms with Crippen LogP contribution in [-0.2, 0) is 5.41 Å². The highest BCUT2D eigenvalue weighted by Crippen LogP contribution is 2.51. The summed E-state index contributed by atoms with van der Waals surface area (Å²) < 4.78 is 8.71. The van der Waals surface area contributed by atoms with Gasteiger partial charge in [0.1, 0.15) is 17.0 Å². The molecule has 0 atom stereocenters. The largest absolute Gasteiger partial charge is 0.456 e. The second-order valence-corrected chi connectivity index (χ2v) is 11.4. The summed E-state index contributed by atoms with van der Waals surface area (Å²) in [5.41, 5.74) is 9.28. The van der Waals surface area contributed by atoms with E-state index in [1.54, 1.807) is 0 Å². The van der Waals surface area contributed by atoms with Crippen molar-refractivity contribution in [1.82, 2.24) is 14.5 Å². The molecule has 0 saturated heterocycles. The molecule has 0 unspecified atom stereocenters. The Labute approximate surface area is 236 Å². The summed E-state index contributed by atoms with van der Waals surface area (Å²) in [5.74, 6) is 1.64. The molecular formula is C37H25N3O. The van der Waals surface area contributed by atoms with Gasteiger partial charge in [-0.15, -0.1) is 0 Å². The number of rotatable bonds is 2. The van der Waals surface area contributed by atoms with Crippen LogP contribution in [-0.4, -0.2) is 14.5 Å². The summed E-state index contributed by atoms with van der Waals surface area (Å²) in [5, 5.41) is 4.63. The quantitative estimate of drug-likeness (QED) is 0.225. The van der Waals surface area contributed by atoms with E-state index in [2.05, 4.69) is 103 Å². The van der Waals surface area contributed by atoms with Crippen molar-refractivity contribution < 1.29 is 4.42 Å². The number of hydrogen-bond donors (Lipinski definition) is 0. The molecule has 41 heavy (non-hydrogen) atoms. The fraction of sp³-hybridized carbons (Fsp3) is 0.0811. The van der Waals surface area contributed by atoms with Crippen molar-refractivity contribution in [3.63, 3.8) is 0 Å². The lowest BCUT2D eigenvalue weighted by atomic mass is 9.82. The summed E-state index contributed by atoms with van der Waals surface area (Å²) in [6.07, 6.45) is 0. The molecule has 3 aromatic heterocycles. The molecule has 3 heterocycles. The molecule has 5 aromatic carbocycles. The highest BCUT2D eigenvalue weighted by Gasteiger charge is 2.40. The Hall–Kier alpha value is -5.22. The monoisotopic (exact) mass is 527 g/mol. The molecule has 0 radical (unpaired) electrons. The Kier molecular flexibility index (Phi) is 4.36. The number of benzene rings is 5. The maximum atomic E-state index is 6.38. The molecule has 0 amide bonds. The van der Waals surface area contributed by atoms with Crippen LogP contribution in [0.5, 0.6) is 0 Å². The van der Waals surface area contributed by atoms with Crippen molar-refractivity contribution in [2.75, 3.05) is 0 Å². The summed E-state index contributed by atoms with van der Waals surface area (Å²) in [7, 11) is 0. The predicted molar refractivity (Wildman–Crippen MR) is 167 cm³/mol. The minimum atomic E-state index is -0.280. The highest BCUT2D eigenvalue weighted by molar-refractivity contribution is 6.17. The Balaban J connectivity index is 1.46. The Bertz CT molecular complexity index is 2340. The molecule has 4 heteroatoms. The molecule has 0 spiro atoms. The normalized spacial score (nSPS) is 13.8.